The van der Waals surface area contributed by atoms with Crippen LogP contribution in [0.1, 0.15) is 11.1 Å². The summed E-state index contributed by atoms with van der Waals surface area (Å²) in [6.45, 7) is 2.84. The van der Waals surface area contributed by atoms with Gasteiger partial charge in [-0.25, -0.2) is 0 Å². The first-order chi connectivity index (χ1) is 8.75. The van der Waals surface area contributed by atoms with Crippen LogP contribution in [0, 0.1) is 18.8 Å². The Labute approximate surface area is 109 Å². The van der Waals surface area contributed by atoms with Gasteiger partial charge in [-0.3, -0.25) is 0 Å². The summed E-state index contributed by atoms with van der Waals surface area (Å²) < 4.78 is 0. The van der Waals surface area contributed by atoms with Crippen LogP contribution in [-0.4, -0.2) is 13.6 Å². The minimum atomic E-state index is 0.734. The molecule has 18 heavy (non-hydrogen) atoms. The molecule has 0 aromatic heterocycles. The Hall–Kier alpha value is -2.20. The first-order valence-corrected chi connectivity index (χ1v) is 6.07. The quantitative estimate of drug-likeness (QED) is 0.720. The second-order valence-electron chi connectivity index (χ2n) is 4.36. The Morgan fingerprint density at radius 2 is 1.78 bits per heavy atom. The summed E-state index contributed by atoms with van der Waals surface area (Å²) in [4.78, 5) is 2.16. The summed E-state index contributed by atoms with van der Waals surface area (Å²) in [5.74, 6) is 6.36. The van der Waals surface area contributed by atoms with Gasteiger partial charge >= 0.3 is 0 Å². The van der Waals surface area contributed by atoms with E-state index < -0.39 is 0 Å². The van der Waals surface area contributed by atoms with E-state index in [-0.39, 0.29) is 0 Å². The molecule has 0 spiro atoms. The van der Waals surface area contributed by atoms with Crippen molar-refractivity contribution in [2.75, 3.05) is 18.5 Å². The molecule has 0 saturated carbocycles. The molecular formula is C17H17N. The van der Waals surface area contributed by atoms with E-state index >= 15 is 0 Å². The van der Waals surface area contributed by atoms with Crippen molar-refractivity contribution in [2.24, 2.45) is 0 Å². The van der Waals surface area contributed by atoms with E-state index in [4.69, 9.17) is 0 Å². The molecule has 90 valence electrons. The van der Waals surface area contributed by atoms with Gasteiger partial charge in [0.15, 0.2) is 0 Å². The van der Waals surface area contributed by atoms with Gasteiger partial charge < -0.3 is 4.90 Å². The zero-order valence-electron chi connectivity index (χ0n) is 10.9. The smallest absolute Gasteiger partial charge is 0.0794 e. The average Bonchev–Trinajstić information content (AvgIpc) is 2.40. The molecule has 0 heterocycles. The largest absolute Gasteiger partial charge is 0.363 e. The van der Waals surface area contributed by atoms with Crippen molar-refractivity contribution >= 4 is 5.69 Å². The lowest BCUT2D eigenvalue weighted by molar-refractivity contribution is 1.05. The van der Waals surface area contributed by atoms with Crippen LogP contribution in [0.5, 0.6) is 0 Å². The maximum absolute atomic E-state index is 3.20. The Bertz CT molecular complexity index is 561. The maximum atomic E-state index is 3.20. The molecule has 0 N–H and O–H groups in total. The van der Waals surface area contributed by atoms with Crippen LogP contribution in [0.25, 0.3) is 0 Å². The van der Waals surface area contributed by atoms with Gasteiger partial charge in [0.25, 0.3) is 0 Å². The fraction of sp³-hybridized carbons (Fsp3) is 0.176. The molecule has 0 radical (unpaired) electrons. The molecule has 0 aliphatic carbocycles. The van der Waals surface area contributed by atoms with Crippen LogP contribution in [0.4, 0.5) is 5.69 Å². The van der Waals surface area contributed by atoms with Crippen LogP contribution in [-0.2, 0) is 0 Å². The standard InChI is InChI=1S/C17H17N/c1-15-8-6-12-17(14-15)18(2)13-7-11-16-9-4-3-5-10-16/h3-6,8-10,12,14H,13H2,1-2H3. The van der Waals surface area contributed by atoms with Crippen LogP contribution >= 0.6 is 0 Å². The third kappa shape index (κ3) is 3.40. The highest BCUT2D eigenvalue weighted by Gasteiger charge is 1.97. The van der Waals surface area contributed by atoms with Crippen LogP contribution in [0.2, 0.25) is 0 Å². The van der Waals surface area contributed by atoms with Crippen molar-refractivity contribution in [3.8, 4) is 11.8 Å². The molecule has 2 aromatic carbocycles. The molecule has 2 aromatic rings. The van der Waals surface area contributed by atoms with E-state index in [1.54, 1.807) is 0 Å². The molecule has 0 amide bonds. The number of hydrogen-bond donors (Lipinski definition) is 0. The molecule has 0 aliphatic heterocycles. The molecule has 0 saturated heterocycles. The third-order valence-electron chi connectivity index (χ3n) is 2.77. The van der Waals surface area contributed by atoms with Gasteiger partial charge in [-0.2, -0.15) is 0 Å². The predicted molar refractivity (Wildman–Crippen MR) is 77.8 cm³/mol. The van der Waals surface area contributed by atoms with Gasteiger partial charge in [-0.1, -0.05) is 42.2 Å². The molecule has 1 nitrogen and oxygen atoms in total. The lowest BCUT2D eigenvalue weighted by Crippen LogP contribution is -2.17. The zero-order valence-corrected chi connectivity index (χ0v) is 10.9. The normalized spacial score (nSPS) is 9.44. The van der Waals surface area contributed by atoms with Crippen molar-refractivity contribution in [3.63, 3.8) is 0 Å². The molecular weight excluding hydrogens is 218 g/mol. The number of hydrogen-bond acceptors (Lipinski definition) is 1. The predicted octanol–water partition coefficient (Wildman–Crippen LogP) is 3.48. The van der Waals surface area contributed by atoms with Crippen molar-refractivity contribution < 1.29 is 0 Å². The second-order valence-corrected chi connectivity index (χ2v) is 4.36. The Balaban J connectivity index is 2.01. The van der Waals surface area contributed by atoms with E-state index in [1.165, 1.54) is 11.3 Å². The monoisotopic (exact) mass is 235 g/mol. The third-order valence-corrected chi connectivity index (χ3v) is 2.77. The average molecular weight is 235 g/mol. The first kappa shape index (κ1) is 12.3. The number of aryl methyl sites for hydroxylation is 1. The molecule has 0 aliphatic rings. The fourth-order valence-electron chi connectivity index (χ4n) is 1.74. The van der Waals surface area contributed by atoms with Gasteiger partial charge in [0.1, 0.15) is 0 Å². The Morgan fingerprint density at radius 3 is 2.50 bits per heavy atom. The number of anilines is 1. The number of nitrogens with zero attached hydrogens (tertiary/aromatic N) is 1. The highest BCUT2D eigenvalue weighted by atomic mass is 15.1. The molecule has 0 unspecified atom stereocenters. The summed E-state index contributed by atoms with van der Waals surface area (Å²) in [6.07, 6.45) is 0. The van der Waals surface area contributed by atoms with Crippen LogP contribution in [0.3, 0.4) is 0 Å². The van der Waals surface area contributed by atoms with Gasteiger partial charge in [0, 0.05) is 18.3 Å². The molecule has 0 fully saturated rings. The minimum Gasteiger partial charge on any atom is -0.363 e. The molecule has 1 heteroatoms. The van der Waals surface area contributed by atoms with Crippen LogP contribution in [0.15, 0.2) is 54.6 Å². The lowest BCUT2D eigenvalue weighted by Gasteiger charge is -2.16. The minimum absolute atomic E-state index is 0.734. The number of benzene rings is 2. The van der Waals surface area contributed by atoms with Crippen LogP contribution < -0.4 is 4.90 Å². The second kappa shape index (κ2) is 5.93. The van der Waals surface area contributed by atoms with Gasteiger partial charge in [-0.15, -0.1) is 0 Å². The maximum Gasteiger partial charge on any atom is 0.0794 e. The van der Waals surface area contributed by atoms with E-state index in [9.17, 15) is 0 Å². The van der Waals surface area contributed by atoms with Gasteiger partial charge in [0.2, 0.25) is 0 Å². The van der Waals surface area contributed by atoms with Crippen molar-refractivity contribution in [2.45, 2.75) is 6.92 Å². The van der Waals surface area contributed by atoms with E-state index in [0.29, 0.717) is 0 Å². The summed E-state index contributed by atoms with van der Waals surface area (Å²) >= 11 is 0. The highest BCUT2D eigenvalue weighted by molar-refractivity contribution is 5.49. The summed E-state index contributed by atoms with van der Waals surface area (Å²) in [7, 11) is 2.06. The molecule has 2 rings (SSSR count). The van der Waals surface area contributed by atoms with E-state index in [2.05, 4.69) is 55.0 Å². The zero-order chi connectivity index (χ0) is 12.8. The first-order valence-electron chi connectivity index (χ1n) is 6.07. The SMILES string of the molecule is Cc1cccc(N(C)CC#Cc2ccccc2)c1. The van der Waals surface area contributed by atoms with Crippen molar-refractivity contribution in [3.05, 3.63) is 65.7 Å². The topological polar surface area (TPSA) is 3.24 Å². The fourth-order valence-corrected chi connectivity index (χ4v) is 1.74. The van der Waals surface area contributed by atoms with Gasteiger partial charge in [-0.05, 0) is 36.8 Å². The molecule has 0 bridgehead atoms. The molecule has 0 atom stereocenters. The summed E-state index contributed by atoms with van der Waals surface area (Å²) in [5.41, 5.74) is 3.54. The van der Waals surface area contributed by atoms with Crippen molar-refractivity contribution in [1.29, 1.82) is 0 Å². The van der Waals surface area contributed by atoms with E-state index in [0.717, 1.165) is 12.1 Å². The van der Waals surface area contributed by atoms with Gasteiger partial charge in [0.05, 0.1) is 6.54 Å². The highest BCUT2D eigenvalue weighted by Crippen LogP contribution is 2.13. The summed E-state index contributed by atoms with van der Waals surface area (Å²) in [6, 6.07) is 18.5. The van der Waals surface area contributed by atoms with Crippen molar-refractivity contribution in [1.82, 2.24) is 0 Å². The summed E-state index contributed by atoms with van der Waals surface area (Å²) in [5, 5.41) is 0. The Kier molecular flexibility index (Phi) is 4.04. The number of rotatable bonds is 2. The van der Waals surface area contributed by atoms with E-state index in [1.807, 2.05) is 30.3 Å². The lowest BCUT2D eigenvalue weighted by atomic mass is 10.2. The Morgan fingerprint density at radius 1 is 1.00 bits per heavy atom.